The van der Waals surface area contributed by atoms with Crippen LogP contribution in [0.15, 0.2) is 19.4 Å². The summed E-state index contributed by atoms with van der Waals surface area (Å²) in [6, 6.07) is 0. The van der Waals surface area contributed by atoms with Crippen molar-refractivity contribution in [1.82, 2.24) is 0 Å². The van der Waals surface area contributed by atoms with Gasteiger partial charge in [-0.25, -0.2) is 0 Å². The van der Waals surface area contributed by atoms with E-state index in [1.54, 1.807) is 0 Å². The lowest BCUT2D eigenvalue weighted by molar-refractivity contribution is 1.57. The molecule has 0 fully saturated rings. The van der Waals surface area contributed by atoms with Crippen molar-refractivity contribution in [2.24, 2.45) is 11.5 Å². The molecule has 0 aromatic carbocycles. The Bertz CT molecular complexity index is 248. The lowest BCUT2D eigenvalue weighted by atomic mass is 10.5. The molecule has 1 rings (SSSR count). The van der Waals surface area contributed by atoms with Crippen LogP contribution in [0.5, 0.6) is 0 Å². The van der Waals surface area contributed by atoms with Crippen LogP contribution in [0, 0.1) is 0 Å². The van der Waals surface area contributed by atoms with E-state index in [1.165, 1.54) is 3.58 Å². The van der Waals surface area contributed by atoms with Crippen molar-refractivity contribution in [1.29, 1.82) is 0 Å². The minimum atomic E-state index is -0.197. The molecule has 0 aromatic heterocycles. The van der Waals surface area contributed by atoms with E-state index in [-0.39, 0.29) is 41.5 Å². The Labute approximate surface area is 79.8 Å². The van der Waals surface area contributed by atoms with E-state index in [4.69, 9.17) is 11.5 Å². The lowest BCUT2D eigenvalue weighted by Gasteiger charge is -2.02. The van der Waals surface area contributed by atoms with Crippen molar-refractivity contribution in [3.8, 4) is 0 Å². The van der Waals surface area contributed by atoms with Crippen LogP contribution in [0.4, 0.5) is 0 Å². The minimum Gasteiger partial charge on any atom is -0.394 e. The summed E-state index contributed by atoms with van der Waals surface area (Å²) in [4.78, 5) is 0. The highest BCUT2D eigenvalue weighted by Gasteiger charge is 1.98. The molecule has 0 amide bonds. The Morgan fingerprint density at radius 1 is 1.40 bits per heavy atom. The molecule has 0 atom stereocenters. The fourth-order valence-corrected chi connectivity index (χ4v) is 4.57. The highest BCUT2D eigenvalue weighted by atomic mass is 127. The third-order valence-electron chi connectivity index (χ3n) is 0.924. The van der Waals surface area contributed by atoms with Crippen molar-refractivity contribution in [2.75, 3.05) is 0 Å². The van der Waals surface area contributed by atoms with Gasteiger partial charge >= 0.3 is 0 Å². The maximum atomic E-state index is 5.65. The van der Waals surface area contributed by atoms with Gasteiger partial charge in [-0.1, -0.05) is 25.2 Å². The van der Waals surface area contributed by atoms with Gasteiger partial charge in [0.15, 0.2) is 0 Å². The molecule has 0 saturated heterocycles. The Balaban J connectivity index is 3.01. The number of halogens is 2. The van der Waals surface area contributed by atoms with E-state index in [9.17, 15) is 0 Å². The largest absolute Gasteiger partial charge is 0.394 e. The monoisotopic (exact) mass is 362 g/mol. The van der Waals surface area contributed by atoms with Crippen LogP contribution in [0.3, 0.4) is 0 Å². The van der Waals surface area contributed by atoms with Crippen molar-refractivity contribution >= 4 is 49.6 Å². The summed E-state index contributed by atoms with van der Waals surface area (Å²) in [5, 5.41) is 0. The van der Waals surface area contributed by atoms with Gasteiger partial charge in [-0.15, -0.1) is 0 Å². The van der Waals surface area contributed by atoms with E-state index in [0.717, 1.165) is 7.34 Å². The number of rotatable bonds is 1. The summed E-state index contributed by atoms with van der Waals surface area (Å²) >= 11 is -0.294. The summed E-state index contributed by atoms with van der Waals surface area (Å²) in [5.74, 6) is 0. The Morgan fingerprint density at radius 2 is 2.10 bits per heavy atom. The smallest absolute Gasteiger partial charge is 0.0675 e. The first-order valence-corrected chi connectivity index (χ1v) is 7.33. The zero-order valence-electron chi connectivity index (χ0n) is 5.27. The van der Waals surface area contributed by atoms with Crippen LogP contribution < -0.4 is 11.5 Å². The highest BCUT2D eigenvalue weighted by Crippen LogP contribution is 2.23. The zero-order valence-corrected chi connectivity index (χ0v) is 9.59. The normalized spacial score (nSPS) is 18.3. The first kappa shape index (κ1) is 8.54. The molecule has 0 radical (unpaired) electrons. The predicted molar refractivity (Wildman–Crippen MR) is 64.7 cm³/mol. The molecule has 4 N–H and O–H groups in total. The van der Waals surface area contributed by atoms with Crippen LogP contribution >= 0.6 is 41.5 Å². The van der Waals surface area contributed by atoms with Crippen molar-refractivity contribution in [2.45, 2.75) is 0 Å². The average molecular weight is 362 g/mol. The Hall–Kier alpha value is 0.440. The molecular formula is C6H8I2N2. The van der Waals surface area contributed by atoms with E-state index in [1.807, 2.05) is 12.2 Å². The molecule has 0 spiro atoms. The van der Waals surface area contributed by atoms with Crippen molar-refractivity contribution < 1.29 is 0 Å². The molecule has 2 nitrogen and oxygen atoms in total. The van der Waals surface area contributed by atoms with Crippen LogP contribution in [0.1, 0.15) is 0 Å². The summed E-state index contributed by atoms with van der Waals surface area (Å²) in [6.45, 7) is 0. The third-order valence-corrected chi connectivity index (χ3v) is 4.30. The van der Waals surface area contributed by atoms with Crippen LogP contribution in [-0.2, 0) is 0 Å². The summed E-state index contributed by atoms with van der Waals surface area (Å²) in [5.41, 5.74) is 11.3. The van der Waals surface area contributed by atoms with Gasteiger partial charge in [0.05, 0.1) is 3.70 Å². The molecule has 10 heavy (non-hydrogen) atoms. The molecular weight excluding hydrogens is 354 g/mol. The number of nitrogens with two attached hydrogens (primary N) is 2. The second-order valence-electron chi connectivity index (χ2n) is 1.67. The molecule has 1 aliphatic heterocycles. The van der Waals surface area contributed by atoms with Gasteiger partial charge in [0.1, 0.15) is 0 Å². The number of hydrogen-bond acceptors (Lipinski definition) is 2. The molecule has 0 bridgehead atoms. The van der Waals surface area contributed by atoms with Crippen molar-refractivity contribution in [3.63, 3.8) is 0 Å². The van der Waals surface area contributed by atoms with Gasteiger partial charge in [-0.2, -0.15) is 0 Å². The topological polar surface area (TPSA) is 52.0 Å². The van der Waals surface area contributed by atoms with Gasteiger partial charge in [0.2, 0.25) is 0 Å². The van der Waals surface area contributed by atoms with E-state index < -0.39 is 0 Å². The molecule has 4 heteroatoms. The fourth-order valence-electron chi connectivity index (χ4n) is 0.563. The van der Waals surface area contributed by atoms with Gasteiger partial charge in [0.25, 0.3) is 0 Å². The second-order valence-corrected chi connectivity index (χ2v) is 6.71. The molecule has 0 saturated carbocycles. The average Bonchev–Trinajstić information content (AvgIpc) is 1.85. The molecule has 0 aliphatic carbocycles. The molecule has 1 aliphatic rings. The van der Waals surface area contributed by atoms with E-state index >= 15 is 0 Å². The van der Waals surface area contributed by atoms with E-state index in [2.05, 4.69) is 4.51 Å². The minimum absolute atomic E-state index is 0.0966. The molecule has 0 aromatic rings. The maximum absolute atomic E-state index is 5.65. The summed E-state index contributed by atoms with van der Waals surface area (Å²) in [7, 11) is 0. The molecule has 56 valence electrons. The number of allylic oxidation sites excluding steroid dienone is 2. The summed E-state index contributed by atoms with van der Waals surface area (Å²) in [6.07, 6.45) is 4.06. The highest BCUT2D eigenvalue weighted by molar-refractivity contribution is 14.2. The van der Waals surface area contributed by atoms with Crippen molar-refractivity contribution in [3.05, 3.63) is 19.4 Å². The molecule has 0 unspecified atom stereocenters. The Kier molecular flexibility index (Phi) is 3.18. The quantitative estimate of drug-likeness (QED) is 0.543. The van der Waals surface area contributed by atoms with Crippen LogP contribution in [0.25, 0.3) is 0 Å². The first-order valence-electron chi connectivity index (χ1n) is 2.57. The van der Waals surface area contributed by atoms with Crippen LogP contribution in [-0.4, -0.2) is 8.15 Å². The number of hydrogen-bond donors (Lipinski definition) is 2. The lowest BCUT2D eigenvalue weighted by Crippen LogP contribution is -2.08. The van der Waals surface area contributed by atoms with Gasteiger partial charge in [0, 0.05) is 7.21 Å². The standard InChI is InChI=1S/C6H8I2N2/c1-7-4-2-5(9)8-6(10)3-4/h2-3H,1,9-10H2. The van der Waals surface area contributed by atoms with Crippen LogP contribution in [0.2, 0.25) is 0 Å². The van der Waals surface area contributed by atoms with E-state index in [0.29, 0.717) is 0 Å². The predicted octanol–water partition coefficient (Wildman–Crippen LogP) is 1.15. The molecule has 1 heterocycles. The zero-order chi connectivity index (χ0) is 7.56. The summed E-state index contributed by atoms with van der Waals surface area (Å²) < 4.78 is 7.05. The SMILES string of the molecule is C=IC1=CC(N)=IC(N)=C1. The first-order chi connectivity index (χ1) is 4.72. The fraction of sp³-hybridized carbons (Fsp3) is 0. The third kappa shape index (κ3) is 2.24. The Morgan fingerprint density at radius 3 is 2.60 bits per heavy atom. The van der Waals surface area contributed by atoms with Gasteiger partial charge < -0.3 is 5.73 Å². The second kappa shape index (κ2) is 3.72. The maximum Gasteiger partial charge on any atom is 0.0675 e. The van der Waals surface area contributed by atoms with Gasteiger partial charge in [-0.3, -0.25) is 5.73 Å². The van der Waals surface area contributed by atoms with Gasteiger partial charge in [-0.05, 0) is 32.9 Å².